The fraction of sp³-hybridized carbons (Fsp3) is 0.400. The number of thioether (sulfide) groups is 1. The van der Waals surface area contributed by atoms with Crippen LogP contribution < -0.4 is 10.1 Å². The zero-order valence-electron chi connectivity index (χ0n) is 20.0. The molecule has 0 aliphatic heterocycles. The number of anilines is 1. The van der Waals surface area contributed by atoms with Gasteiger partial charge in [-0.05, 0) is 66.8 Å². The third-order valence-corrected chi connectivity index (χ3v) is 6.49. The van der Waals surface area contributed by atoms with Gasteiger partial charge in [0.2, 0.25) is 5.91 Å². The van der Waals surface area contributed by atoms with Crippen molar-refractivity contribution >= 4 is 39.3 Å². The van der Waals surface area contributed by atoms with Crippen molar-refractivity contribution in [3.63, 3.8) is 0 Å². The largest absolute Gasteiger partial charge is 0.483 e. The molecule has 1 amide bonds. The summed E-state index contributed by atoms with van der Waals surface area (Å²) in [5, 5.41) is 12.4. The first-order valence-electron chi connectivity index (χ1n) is 11.2. The molecule has 2 aromatic carbocycles. The molecule has 3 rings (SSSR count). The van der Waals surface area contributed by atoms with Gasteiger partial charge in [0.15, 0.2) is 17.1 Å². The Morgan fingerprint density at radius 3 is 2.47 bits per heavy atom. The average Bonchev–Trinajstić information content (AvgIpc) is 3.17. The lowest BCUT2D eigenvalue weighted by molar-refractivity contribution is -0.113. The van der Waals surface area contributed by atoms with Crippen LogP contribution in [0.5, 0.6) is 5.75 Å². The van der Waals surface area contributed by atoms with Gasteiger partial charge in [0.05, 0.1) is 5.75 Å². The van der Waals surface area contributed by atoms with E-state index in [0.717, 1.165) is 15.7 Å². The van der Waals surface area contributed by atoms with Crippen molar-refractivity contribution in [1.29, 1.82) is 0 Å². The van der Waals surface area contributed by atoms with Crippen LogP contribution in [-0.2, 0) is 11.3 Å². The minimum Gasteiger partial charge on any atom is -0.483 e. The van der Waals surface area contributed by atoms with Gasteiger partial charge >= 0.3 is 0 Å². The number of aromatic nitrogens is 3. The number of carbonyl (C=O) groups excluding carboxylic acids is 1. The molecule has 1 aromatic heterocycles. The monoisotopic (exact) mass is 548 g/mol. The number of ether oxygens (including phenoxy) is 1. The van der Waals surface area contributed by atoms with E-state index in [9.17, 15) is 9.18 Å². The number of hydrogen-bond acceptors (Lipinski definition) is 5. The zero-order valence-corrected chi connectivity index (χ0v) is 22.4. The lowest BCUT2D eigenvalue weighted by atomic mass is 10.0. The Morgan fingerprint density at radius 2 is 1.82 bits per heavy atom. The molecule has 0 aliphatic carbocycles. The molecule has 0 aliphatic rings. The lowest BCUT2D eigenvalue weighted by Gasteiger charge is -2.18. The normalized spacial score (nSPS) is 12.3. The highest BCUT2D eigenvalue weighted by molar-refractivity contribution is 9.10. The molecule has 0 saturated carbocycles. The molecule has 1 unspecified atom stereocenters. The summed E-state index contributed by atoms with van der Waals surface area (Å²) in [6, 6.07) is 11.7. The first-order chi connectivity index (χ1) is 16.1. The molecule has 182 valence electrons. The summed E-state index contributed by atoms with van der Waals surface area (Å²) in [4.78, 5) is 12.7. The van der Waals surface area contributed by atoms with Gasteiger partial charge in [-0.1, -0.05) is 55.4 Å². The number of hydrogen-bond donors (Lipinski definition) is 1. The molecule has 1 heterocycles. The van der Waals surface area contributed by atoms with Crippen LogP contribution in [0.3, 0.4) is 0 Å². The van der Waals surface area contributed by atoms with Crippen LogP contribution in [0.15, 0.2) is 52.1 Å². The van der Waals surface area contributed by atoms with Crippen LogP contribution in [0.25, 0.3) is 0 Å². The fourth-order valence-corrected chi connectivity index (χ4v) is 4.59. The van der Waals surface area contributed by atoms with Crippen LogP contribution in [-0.4, -0.2) is 26.4 Å². The molecular formula is C25H30BrFN4O2S. The summed E-state index contributed by atoms with van der Waals surface area (Å²) in [5.74, 6) is 1.62. The summed E-state index contributed by atoms with van der Waals surface area (Å²) in [7, 11) is 0. The van der Waals surface area contributed by atoms with Gasteiger partial charge < -0.3 is 14.6 Å². The maximum absolute atomic E-state index is 13.2. The van der Waals surface area contributed by atoms with Crippen molar-refractivity contribution in [2.45, 2.75) is 58.3 Å². The van der Waals surface area contributed by atoms with E-state index in [1.807, 2.05) is 29.7 Å². The standard InChI is InChI=1S/C25H30BrFN4O2S/c1-15(2)13-31-24(17(5)33-20-9-7-19(27)8-10-20)29-30-25(31)34-14-23(32)28-22-11-6-18(26)12-21(22)16(3)4/h6-12,15-17H,13-14H2,1-5H3,(H,28,32). The van der Waals surface area contributed by atoms with Crippen LogP contribution in [0.1, 0.15) is 58.0 Å². The highest BCUT2D eigenvalue weighted by Gasteiger charge is 2.21. The Labute approximate surface area is 212 Å². The van der Waals surface area contributed by atoms with E-state index in [1.54, 1.807) is 12.1 Å². The van der Waals surface area contributed by atoms with Crippen molar-refractivity contribution in [3.05, 3.63) is 64.1 Å². The van der Waals surface area contributed by atoms with Gasteiger partial charge in [-0.3, -0.25) is 4.79 Å². The second-order valence-corrected chi connectivity index (χ2v) is 10.6. The summed E-state index contributed by atoms with van der Waals surface area (Å²) in [6.07, 6.45) is -0.392. The van der Waals surface area contributed by atoms with E-state index in [1.165, 1.54) is 23.9 Å². The minimum atomic E-state index is -0.392. The van der Waals surface area contributed by atoms with Crippen molar-refractivity contribution in [3.8, 4) is 5.75 Å². The molecule has 9 heteroatoms. The van der Waals surface area contributed by atoms with Crippen molar-refractivity contribution in [2.24, 2.45) is 5.92 Å². The fourth-order valence-electron chi connectivity index (χ4n) is 3.46. The topological polar surface area (TPSA) is 69.0 Å². The third kappa shape index (κ3) is 7.06. The van der Waals surface area contributed by atoms with Crippen molar-refractivity contribution < 1.29 is 13.9 Å². The molecule has 0 fully saturated rings. The van der Waals surface area contributed by atoms with Crippen molar-refractivity contribution in [1.82, 2.24) is 14.8 Å². The first-order valence-corrected chi connectivity index (χ1v) is 13.0. The Bertz CT molecular complexity index is 1120. The van der Waals surface area contributed by atoms with Crippen LogP contribution >= 0.6 is 27.7 Å². The van der Waals surface area contributed by atoms with Gasteiger partial charge in [-0.25, -0.2) is 4.39 Å². The molecule has 6 nitrogen and oxygen atoms in total. The number of carbonyl (C=O) groups is 1. The van der Waals surface area contributed by atoms with Gasteiger partial charge in [-0.15, -0.1) is 10.2 Å². The zero-order chi connectivity index (χ0) is 24.8. The molecule has 0 bridgehead atoms. The Hall–Kier alpha value is -2.39. The second-order valence-electron chi connectivity index (χ2n) is 8.78. The highest BCUT2D eigenvalue weighted by Crippen LogP contribution is 2.29. The van der Waals surface area contributed by atoms with E-state index in [2.05, 4.69) is 59.1 Å². The molecule has 0 saturated heterocycles. The first kappa shape index (κ1) is 26.2. The Balaban J connectivity index is 1.71. The summed E-state index contributed by atoms with van der Waals surface area (Å²) in [6.45, 7) is 11.0. The number of nitrogens with one attached hydrogen (secondary N) is 1. The van der Waals surface area contributed by atoms with E-state index in [0.29, 0.717) is 29.2 Å². The average molecular weight is 550 g/mol. The SMILES string of the molecule is CC(C)Cn1c(SCC(=O)Nc2ccc(Br)cc2C(C)C)nnc1C(C)Oc1ccc(F)cc1. The predicted molar refractivity (Wildman–Crippen MR) is 138 cm³/mol. The van der Waals surface area contributed by atoms with Gasteiger partial charge in [-0.2, -0.15) is 0 Å². The van der Waals surface area contributed by atoms with Crippen LogP contribution in [0.4, 0.5) is 10.1 Å². The molecule has 1 atom stereocenters. The smallest absolute Gasteiger partial charge is 0.234 e. The minimum absolute atomic E-state index is 0.106. The number of amides is 1. The summed E-state index contributed by atoms with van der Waals surface area (Å²) in [5.41, 5.74) is 1.89. The highest BCUT2D eigenvalue weighted by atomic mass is 79.9. The number of nitrogens with zero attached hydrogens (tertiary/aromatic N) is 3. The Morgan fingerprint density at radius 1 is 1.12 bits per heavy atom. The van der Waals surface area contributed by atoms with Crippen molar-refractivity contribution in [2.75, 3.05) is 11.1 Å². The maximum Gasteiger partial charge on any atom is 0.234 e. The molecule has 0 radical (unpaired) electrons. The number of benzene rings is 2. The second kappa shape index (κ2) is 11.8. The van der Waals surface area contributed by atoms with E-state index < -0.39 is 6.10 Å². The van der Waals surface area contributed by atoms with E-state index >= 15 is 0 Å². The van der Waals surface area contributed by atoms with Crippen LogP contribution in [0, 0.1) is 11.7 Å². The van der Waals surface area contributed by atoms with E-state index in [4.69, 9.17) is 4.74 Å². The number of rotatable bonds is 10. The number of halogens is 2. The molecular weight excluding hydrogens is 519 g/mol. The van der Waals surface area contributed by atoms with Gasteiger partial charge in [0.1, 0.15) is 11.6 Å². The summed E-state index contributed by atoms with van der Waals surface area (Å²) < 4.78 is 22.1. The van der Waals surface area contributed by atoms with Gasteiger partial charge in [0.25, 0.3) is 0 Å². The third-order valence-electron chi connectivity index (χ3n) is 5.03. The van der Waals surface area contributed by atoms with Gasteiger partial charge in [0, 0.05) is 16.7 Å². The molecule has 3 aromatic rings. The Kier molecular flexibility index (Phi) is 9.13. The molecule has 34 heavy (non-hydrogen) atoms. The van der Waals surface area contributed by atoms with Crippen LogP contribution in [0.2, 0.25) is 0 Å². The molecule has 0 spiro atoms. The molecule has 1 N–H and O–H groups in total. The van der Waals surface area contributed by atoms with E-state index in [-0.39, 0.29) is 23.4 Å². The predicted octanol–water partition coefficient (Wildman–Crippen LogP) is 6.83. The maximum atomic E-state index is 13.2. The quantitative estimate of drug-likeness (QED) is 0.281. The summed E-state index contributed by atoms with van der Waals surface area (Å²) >= 11 is 4.84. The lowest BCUT2D eigenvalue weighted by Crippen LogP contribution is -2.18.